The minimum Gasteiger partial charge on any atom is -0.490 e. The van der Waals surface area contributed by atoms with Gasteiger partial charge in [-0.2, -0.15) is 0 Å². The fourth-order valence-corrected chi connectivity index (χ4v) is 5.45. The highest BCUT2D eigenvalue weighted by molar-refractivity contribution is 7.99. The van der Waals surface area contributed by atoms with E-state index in [1.807, 2.05) is 17.0 Å². The number of ether oxygens (including phenoxy) is 2. The highest BCUT2D eigenvalue weighted by Crippen LogP contribution is 2.38. The molecule has 0 spiro atoms. The number of nitrogens with zero attached hydrogens (tertiary/aromatic N) is 3. The van der Waals surface area contributed by atoms with Gasteiger partial charge >= 0.3 is 0 Å². The van der Waals surface area contributed by atoms with Crippen molar-refractivity contribution in [3.8, 4) is 11.5 Å². The van der Waals surface area contributed by atoms with E-state index in [0.29, 0.717) is 30.1 Å². The van der Waals surface area contributed by atoms with Gasteiger partial charge < -0.3 is 18.8 Å². The molecule has 2 aromatic rings. The van der Waals surface area contributed by atoms with E-state index in [1.54, 1.807) is 0 Å². The van der Waals surface area contributed by atoms with Crippen LogP contribution in [0.25, 0.3) is 0 Å². The van der Waals surface area contributed by atoms with Crippen LogP contribution in [0.5, 0.6) is 11.5 Å². The first-order valence-corrected chi connectivity index (χ1v) is 12.4. The van der Waals surface area contributed by atoms with Crippen molar-refractivity contribution in [1.82, 2.24) is 15.1 Å². The van der Waals surface area contributed by atoms with Crippen LogP contribution in [0, 0.1) is 0 Å². The molecular weight excluding hydrogens is 414 g/mol. The third-order valence-electron chi connectivity index (χ3n) is 6.43. The summed E-state index contributed by atoms with van der Waals surface area (Å²) in [5.74, 6) is 3.11. The molecule has 3 aliphatic rings. The zero-order valence-electron chi connectivity index (χ0n) is 17.8. The molecule has 2 aliphatic heterocycles. The summed E-state index contributed by atoms with van der Waals surface area (Å²) < 4.78 is 17.4. The largest absolute Gasteiger partial charge is 0.490 e. The van der Waals surface area contributed by atoms with Crippen LogP contribution < -0.4 is 9.47 Å². The van der Waals surface area contributed by atoms with E-state index in [-0.39, 0.29) is 11.9 Å². The van der Waals surface area contributed by atoms with Gasteiger partial charge in [0.2, 0.25) is 11.8 Å². The summed E-state index contributed by atoms with van der Waals surface area (Å²) in [5, 5.41) is 8.91. The zero-order valence-corrected chi connectivity index (χ0v) is 18.6. The first-order chi connectivity index (χ1) is 15.3. The van der Waals surface area contributed by atoms with Crippen LogP contribution in [0.2, 0.25) is 0 Å². The molecule has 31 heavy (non-hydrogen) atoms. The number of aromatic nitrogens is 2. The van der Waals surface area contributed by atoms with Crippen molar-refractivity contribution in [3.05, 3.63) is 29.7 Å². The van der Waals surface area contributed by atoms with Gasteiger partial charge in [0.15, 0.2) is 11.5 Å². The number of likely N-dealkylation sites (tertiary alicyclic amines) is 1. The van der Waals surface area contributed by atoms with Gasteiger partial charge in [0.1, 0.15) is 0 Å². The molecule has 166 valence electrons. The van der Waals surface area contributed by atoms with Gasteiger partial charge in [-0.1, -0.05) is 37.1 Å². The van der Waals surface area contributed by atoms with Crippen molar-refractivity contribution in [2.24, 2.45) is 0 Å². The number of carbonyl (C=O) groups excluding carboxylic acids is 1. The molecule has 7 nitrogen and oxygen atoms in total. The Morgan fingerprint density at radius 1 is 1.00 bits per heavy atom. The second kappa shape index (κ2) is 9.51. The fourth-order valence-electron chi connectivity index (χ4n) is 4.80. The van der Waals surface area contributed by atoms with E-state index in [9.17, 15) is 4.79 Å². The molecule has 3 heterocycles. The van der Waals surface area contributed by atoms with Crippen LogP contribution in [-0.2, 0) is 4.79 Å². The van der Waals surface area contributed by atoms with E-state index in [4.69, 9.17) is 13.9 Å². The Labute approximate surface area is 186 Å². The van der Waals surface area contributed by atoms with Gasteiger partial charge in [0.05, 0.1) is 25.0 Å². The molecule has 0 radical (unpaired) electrons. The van der Waals surface area contributed by atoms with E-state index in [0.717, 1.165) is 61.6 Å². The van der Waals surface area contributed by atoms with Crippen LogP contribution in [0.3, 0.4) is 0 Å². The summed E-state index contributed by atoms with van der Waals surface area (Å²) in [6.07, 6.45) is 8.83. The molecular formula is C23H29N3O4S. The molecule has 8 heteroatoms. The van der Waals surface area contributed by atoms with Crippen LogP contribution in [-0.4, -0.2) is 46.5 Å². The van der Waals surface area contributed by atoms with Crippen LogP contribution in [0.15, 0.2) is 27.8 Å². The minimum absolute atomic E-state index is 0.0748. The van der Waals surface area contributed by atoms with Crippen molar-refractivity contribution in [3.63, 3.8) is 0 Å². The van der Waals surface area contributed by atoms with Crippen LogP contribution in [0.4, 0.5) is 0 Å². The first kappa shape index (κ1) is 20.7. The Kier molecular flexibility index (Phi) is 6.34. The number of fused-ring (bicyclic) bond motifs is 1. The number of hydrogen-bond acceptors (Lipinski definition) is 7. The van der Waals surface area contributed by atoms with Gasteiger partial charge in [0, 0.05) is 18.9 Å². The van der Waals surface area contributed by atoms with Crippen molar-refractivity contribution in [2.75, 3.05) is 25.5 Å². The summed E-state index contributed by atoms with van der Waals surface area (Å²) in [6.45, 7) is 2.11. The number of amides is 1. The average Bonchev–Trinajstić information content (AvgIpc) is 3.43. The summed E-state index contributed by atoms with van der Waals surface area (Å²) in [7, 11) is 0. The predicted octanol–water partition coefficient (Wildman–Crippen LogP) is 4.73. The Morgan fingerprint density at radius 2 is 1.84 bits per heavy atom. The van der Waals surface area contributed by atoms with Crippen molar-refractivity contribution >= 4 is 17.7 Å². The molecule has 1 saturated heterocycles. The Hall–Kier alpha value is -2.22. The van der Waals surface area contributed by atoms with Gasteiger partial charge in [-0.05, 0) is 43.4 Å². The first-order valence-electron chi connectivity index (χ1n) is 11.4. The summed E-state index contributed by atoms with van der Waals surface area (Å²) >= 11 is 1.35. The smallest absolute Gasteiger partial charge is 0.277 e. The lowest BCUT2D eigenvalue weighted by Crippen LogP contribution is -2.32. The Balaban J connectivity index is 1.21. The highest BCUT2D eigenvalue weighted by Gasteiger charge is 2.31. The normalized spacial score (nSPS) is 21.8. The van der Waals surface area contributed by atoms with Crippen LogP contribution in [0.1, 0.15) is 74.8 Å². The third kappa shape index (κ3) is 4.68. The predicted molar refractivity (Wildman–Crippen MR) is 117 cm³/mol. The molecule has 1 amide bonds. The Morgan fingerprint density at radius 3 is 2.71 bits per heavy atom. The van der Waals surface area contributed by atoms with E-state index in [1.165, 1.54) is 31.0 Å². The number of hydrogen-bond donors (Lipinski definition) is 0. The lowest BCUT2D eigenvalue weighted by Gasteiger charge is -2.25. The molecule has 2 fully saturated rings. The van der Waals surface area contributed by atoms with Gasteiger partial charge in [-0.15, -0.1) is 10.2 Å². The van der Waals surface area contributed by atoms with E-state index < -0.39 is 0 Å². The second-order valence-electron chi connectivity index (χ2n) is 8.53. The quantitative estimate of drug-likeness (QED) is 0.618. The Bertz CT molecular complexity index is 912. The maximum Gasteiger partial charge on any atom is 0.277 e. The minimum atomic E-state index is 0.0748. The summed E-state index contributed by atoms with van der Waals surface area (Å²) in [6, 6.07) is 6.15. The molecule has 1 aliphatic carbocycles. The maximum absolute atomic E-state index is 13.0. The molecule has 1 saturated carbocycles. The molecule has 1 aromatic heterocycles. The van der Waals surface area contributed by atoms with Gasteiger partial charge in [0.25, 0.3) is 5.22 Å². The molecule has 1 aromatic carbocycles. The monoisotopic (exact) mass is 443 g/mol. The average molecular weight is 444 g/mol. The SMILES string of the molecule is O=C(CSc1nnc(C2CCCCC2)o1)N1CCC[C@@H]1c1ccc2c(c1)OCCCO2. The standard InChI is InChI=1S/C23H29N3O4S/c27-21(15-31-23-25-24-22(30-23)16-6-2-1-3-7-16)26-11-4-8-18(26)17-9-10-19-20(14-17)29-13-5-12-28-19/h9-10,14,16,18H,1-8,11-13,15H2/t18-/m1/s1. The van der Waals surface area contributed by atoms with Crippen molar-refractivity contribution in [2.45, 2.75) is 68.5 Å². The number of rotatable bonds is 5. The topological polar surface area (TPSA) is 77.7 Å². The van der Waals surface area contributed by atoms with Crippen molar-refractivity contribution < 1.29 is 18.7 Å². The number of thioether (sulfide) groups is 1. The zero-order chi connectivity index (χ0) is 21.0. The second-order valence-corrected chi connectivity index (χ2v) is 9.46. The van der Waals surface area contributed by atoms with Gasteiger partial charge in [-0.3, -0.25) is 4.79 Å². The summed E-state index contributed by atoms with van der Waals surface area (Å²) in [5.41, 5.74) is 1.11. The summed E-state index contributed by atoms with van der Waals surface area (Å²) in [4.78, 5) is 15.0. The number of carbonyl (C=O) groups is 1. The molecule has 1 atom stereocenters. The van der Waals surface area contributed by atoms with Crippen LogP contribution >= 0.6 is 11.8 Å². The van der Waals surface area contributed by atoms with E-state index >= 15 is 0 Å². The van der Waals surface area contributed by atoms with Crippen molar-refractivity contribution in [1.29, 1.82) is 0 Å². The lowest BCUT2D eigenvalue weighted by molar-refractivity contribution is -0.129. The number of benzene rings is 1. The molecule has 5 rings (SSSR count). The fraction of sp³-hybridized carbons (Fsp3) is 0.609. The molecule has 0 unspecified atom stereocenters. The lowest BCUT2D eigenvalue weighted by atomic mass is 9.89. The third-order valence-corrected chi connectivity index (χ3v) is 7.23. The highest BCUT2D eigenvalue weighted by atomic mass is 32.2. The molecule has 0 bridgehead atoms. The maximum atomic E-state index is 13.0. The van der Waals surface area contributed by atoms with Gasteiger partial charge in [-0.25, -0.2) is 0 Å². The molecule has 0 N–H and O–H groups in total. The van der Waals surface area contributed by atoms with E-state index in [2.05, 4.69) is 16.3 Å².